The molecule has 0 radical (unpaired) electrons. The van der Waals surface area contributed by atoms with Gasteiger partial charge < -0.3 is 10.4 Å². The number of halogens is 1. The minimum atomic E-state index is -0.0983. The van der Waals surface area contributed by atoms with E-state index in [1.807, 2.05) is 0 Å². The van der Waals surface area contributed by atoms with Crippen LogP contribution in [0.2, 0.25) is 0 Å². The van der Waals surface area contributed by atoms with Crippen LogP contribution in [0.1, 0.15) is 15.9 Å². The Morgan fingerprint density at radius 1 is 1.50 bits per heavy atom. The molecule has 0 spiro atoms. The number of carbonyl (C=O) groups excluding carboxylic acids is 1. The van der Waals surface area contributed by atoms with E-state index in [0.29, 0.717) is 12.1 Å². The lowest BCUT2D eigenvalue weighted by Crippen LogP contribution is -2.12. The van der Waals surface area contributed by atoms with Crippen LogP contribution in [0, 0.1) is 3.57 Å². The van der Waals surface area contributed by atoms with Crippen LogP contribution in [0.5, 0.6) is 5.75 Å². The highest BCUT2D eigenvalue weighted by Gasteiger charge is 2.21. The standard InChI is InChI=1S/C8H6INO2/c9-7-2-4(11)1-5-6(7)3-10-8(5)12/h1-2,11H,3H2,(H,10,12). The fourth-order valence-corrected chi connectivity index (χ4v) is 2.07. The molecule has 62 valence electrons. The zero-order chi connectivity index (χ0) is 8.72. The highest BCUT2D eigenvalue weighted by Crippen LogP contribution is 2.26. The SMILES string of the molecule is O=C1NCc2c(I)cc(O)cc21. The molecule has 0 atom stereocenters. The van der Waals surface area contributed by atoms with Gasteiger partial charge >= 0.3 is 0 Å². The molecule has 1 aromatic carbocycles. The Hall–Kier alpha value is -0.780. The Morgan fingerprint density at radius 3 is 3.00 bits per heavy atom. The lowest BCUT2D eigenvalue weighted by atomic mass is 10.1. The lowest BCUT2D eigenvalue weighted by Gasteiger charge is -1.99. The van der Waals surface area contributed by atoms with Gasteiger partial charge in [-0.05, 0) is 40.3 Å². The van der Waals surface area contributed by atoms with Gasteiger partial charge in [0.05, 0.1) is 0 Å². The second-order valence-electron chi connectivity index (χ2n) is 2.64. The van der Waals surface area contributed by atoms with E-state index in [1.165, 1.54) is 6.07 Å². The van der Waals surface area contributed by atoms with Crippen molar-refractivity contribution in [2.45, 2.75) is 6.54 Å². The number of amides is 1. The summed E-state index contributed by atoms with van der Waals surface area (Å²) in [6, 6.07) is 3.15. The third-order valence-electron chi connectivity index (χ3n) is 1.85. The predicted molar refractivity (Wildman–Crippen MR) is 52.0 cm³/mol. The molecule has 2 N–H and O–H groups in total. The summed E-state index contributed by atoms with van der Waals surface area (Å²) in [7, 11) is 0. The average molecular weight is 275 g/mol. The summed E-state index contributed by atoms with van der Waals surface area (Å²) in [6.07, 6.45) is 0. The van der Waals surface area contributed by atoms with Gasteiger partial charge in [-0.25, -0.2) is 0 Å². The van der Waals surface area contributed by atoms with Gasteiger partial charge in [-0.3, -0.25) is 4.79 Å². The molecule has 0 saturated heterocycles. The van der Waals surface area contributed by atoms with E-state index < -0.39 is 0 Å². The first-order chi connectivity index (χ1) is 5.68. The van der Waals surface area contributed by atoms with Crippen LogP contribution >= 0.6 is 22.6 Å². The average Bonchev–Trinajstić information content (AvgIpc) is 2.33. The van der Waals surface area contributed by atoms with Crippen molar-refractivity contribution in [2.75, 3.05) is 0 Å². The second kappa shape index (κ2) is 2.62. The van der Waals surface area contributed by atoms with Gasteiger partial charge in [0.15, 0.2) is 0 Å². The van der Waals surface area contributed by atoms with Crippen LogP contribution in [-0.4, -0.2) is 11.0 Å². The zero-order valence-corrected chi connectivity index (χ0v) is 8.25. The summed E-state index contributed by atoms with van der Waals surface area (Å²) in [4.78, 5) is 11.1. The zero-order valence-electron chi connectivity index (χ0n) is 6.10. The number of hydrogen-bond acceptors (Lipinski definition) is 2. The van der Waals surface area contributed by atoms with Crippen LogP contribution in [0.25, 0.3) is 0 Å². The molecule has 1 amide bonds. The van der Waals surface area contributed by atoms with Crippen LogP contribution in [-0.2, 0) is 6.54 Å². The maximum Gasteiger partial charge on any atom is 0.252 e. The summed E-state index contributed by atoms with van der Waals surface area (Å²) < 4.78 is 0.931. The monoisotopic (exact) mass is 275 g/mol. The van der Waals surface area contributed by atoms with Crippen LogP contribution in [0.3, 0.4) is 0 Å². The summed E-state index contributed by atoms with van der Waals surface area (Å²) in [5, 5.41) is 11.9. The minimum Gasteiger partial charge on any atom is -0.508 e. The molecular weight excluding hydrogens is 269 g/mol. The van der Waals surface area contributed by atoms with Crippen molar-refractivity contribution in [3.63, 3.8) is 0 Å². The molecule has 1 aliphatic heterocycles. The normalized spacial score (nSPS) is 14.2. The number of fused-ring (bicyclic) bond motifs is 1. The summed E-state index contributed by atoms with van der Waals surface area (Å²) in [6.45, 7) is 0.576. The number of hydrogen-bond donors (Lipinski definition) is 2. The van der Waals surface area contributed by atoms with Gasteiger partial charge in [0.25, 0.3) is 5.91 Å². The van der Waals surface area contributed by atoms with E-state index in [1.54, 1.807) is 6.07 Å². The Kier molecular flexibility index (Phi) is 1.71. The van der Waals surface area contributed by atoms with Crippen molar-refractivity contribution in [3.8, 4) is 5.75 Å². The molecule has 0 aliphatic carbocycles. The quantitative estimate of drug-likeness (QED) is 0.700. The smallest absolute Gasteiger partial charge is 0.252 e. The molecule has 3 nitrogen and oxygen atoms in total. The van der Waals surface area contributed by atoms with E-state index in [9.17, 15) is 9.90 Å². The van der Waals surface area contributed by atoms with Crippen molar-refractivity contribution in [2.24, 2.45) is 0 Å². The van der Waals surface area contributed by atoms with Crippen molar-refractivity contribution in [1.29, 1.82) is 0 Å². The highest BCUT2D eigenvalue weighted by molar-refractivity contribution is 14.1. The molecule has 1 aromatic rings. The number of benzene rings is 1. The van der Waals surface area contributed by atoms with Gasteiger partial charge in [0.1, 0.15) is 5.75 Å². The fraction of sp³-hybridized carbons (Fsp3) is 0.125. The Labute approximate surface area is 82.9 Å². The van der Waals surface area contributed by atoms with Gasteiger partial charge in [0, 0.05) is 15.7 Å². The molecule has 1 aliphatic rings. The number of phenols is 1. The Bertz CT molecular complexity index is 362. The van der Waals surface area contributed by atoms with Gasteiger partial charge in [-0.2, -0.15) is 0 Å². The number of carbonyl (C=O) groups is 1. The van der Waals surface area contributed by atoms with Crippen LogP contribution in [0.4, 0.5) is 0 Å². The molecule has 0 aromatic heterocycles. The van der Waals surface area contributed by atoms with Crippen molar-refractivity contribution in [3.05, 3.63) is 26.8 Å². The van der Waals surface area contributed by atoms with Gasteiger partial charge in [0.2, 0.25) is 0 Å². The summed E-state index contributed by atoms with van der Waals surface area (Å²) in [5.74, 6) is 0.0500. The molecular formula is C8H6INO2. The number of nitrogens with one attached hydrogen (secondary N) is 1. The molecule has 0 unspecified atom stereocenters. The topological polar surface area (TPSA) is 49.3 Å². The van der Waals surface area contributed by atoms with E-state index >= 15 is 0 Å². The minimum absolute atomic E-state index is 0.0983. The molecule has 1 heterocycles. The van der Waals surface area contributed by atoms with Gasteiger partial charge in [-0.15, -0.1) is 0 Å². The van der Waals surface area contributed by atoms with E-state index in [4.69, 9.17) is 0 Å². The fourth-order valence-electron chi connectivity index (χ4n) is 1.27. The molecule has 0 fully saturated rings. The first-order valence-electron chi connectivity index (χ1n) is 3.48. The first kappa shape index (κ1) is 7.85. The molecule has 0 bridgehead atoms. The Morgan fingerprint density at radius 2 is 2.25 bits per heavy atom. The maximum atomic E-state index is 11.1. The third-order valence-corrected chi connectivity index (χ3v) is 2.81. The van der Waals surface area contributed by atoms with Crippen molar-refractivity contribution < 1.29 is 9.90 Å². The molecule has 4 heteroatoms. The van der Waals surface area contributed by atoms with Crippen molar-refractivity contribution in [1.82, 2.24) is 5.32 Å². The summed E-state index contributed by atoms with van der Waals surface area (Å²) in [5.41, 5.74) is 1.58. The van der Waals surface area contributed by atoms with E-state index in [2.05, 4.69) is 27.9 Å². The molecule has 12 heavy (non-hydrogen) atoms. The third kappa shape index (κ3) is 1.06. The highest BCUT2D eigenvalue weighted by atomic mass is 127. The molecule has 0 saturated carbocycles. The van der Waals surface area contributed by atoms with Crippen LogP contribution < -0.4 is 5.32 Å². The van der Waals surface area contributed by atoms with Crippen LogP contribution in [0.15, 0.2) is 12.1 Å². The van der Waals surface area contributed by atoms with E-state index in [0.717, 1.165) is 9.13 Å². The largest absolute Gasteiger partial charge is 0.508 e. The maximum absolute atomic E-state index is 11.1. The Balaban J connectivity index is 2.68. The van der Waals surface area contributed by atoms with Gasteiger partial charge in [-0.1, -0.05) is 0 Å². The lowest BCUT2D eigenvalue weighted by molar-refractivity contribution is 0.0965. The second-order valence-corrected chi connectivity index (χ2v) is 3.80. The number of phenolic OH excluding ortho intramolecular Hbond substituents is 1. The van der Waals surface area contributed by atoms with E-state index in [-0.39, 0.29) is 11.7 Å². The molecule has 2 rings (SSSR count). The summed E-state index contributed by atoms with van der Waals surface area (Å²) >= 11 is 2.11. The predicted octanol–water partition coefficient (Wildman–Crippen LogP) is 1.24. The number of aromatic hydroxyl groups is 1. The number of rotatable bonds is 0. The van der Waals surface area contributed by atoms with Crippen molar-refractivity contribution >= 4 is 28.5 Å². The first-order valence-corrected chi connectivity index (χ1v) is 4.56.